The van der Waals surface area contributed by atoms with Crippen LogP contribution in [0.15, 0.2) is 16.0 Å². The highest BCUT2D eigenvalue weighted by molar-refractivity contribution is 7.99. The molecule has 2 aliphatic rings. The van der Waals surface area contributed by atoms with Gasteiger partial charge in [0, 0.05) is 30.0 Å². The normalized spacial score (nSPS) is 20.8. The fourth-order valence-electron chi connectivity index (χ4n) is 2.46. The summed E-state index contributed by atoms with van der Waals surface area (Å²) in [4.78, 5) is 28.6. The monoisotopic (exact) mass is 293 g/mol. The van der Waals surface area contributed by atoms with Crippen LogP contribution >= 0.6 is 11.8 Å². The SMILES string of the molecule is CCCc1cc(=O)n2c(n1)SCC2CC(=O)NC1CC1. The standard InChI is InChI=1S/C14H19N3O2S/c1-2-3-10-6-13(19)17-11(8-20-14(17)16-10)7-12(18)15-9-4-5-9/h6,9,11H,2-5,7-8H2,1H3,(H,15,18). The van der Waals surface area contributed by atoms with Gasteiger partial charge < -0.3 is 5.32 Å². The molecule has 108 valence electrons. The molecule has 1 fully saturated rings. The van der Waals surface area contributed by atoms with E-state index in [1.54, 1.807) is 22.4 Å². The average molecular weight is 293 g/mol. The number of aromatic nitrogens is 2. The van der Waals surface area contributed by atoms with Gasteiger partial charge in [0.2, 0.25) is 5.91 Å². The Morgan fingerprint density at radius 3 is 3.05 bits per heavy atom. The molecule has 0 aromatic carbocycles. The summed E-state index contributed by atoms with van der Waals surface area (Å²) in [6.07, 6.45) is 4.36. The predicted molar refractivity (Wildman–Crippen MR) is 78.0 cm³/mol. The molecule has 0 spiro atoms. The van der Waals surface area contributed by atoms with Gasteiger partial charge in [-0.15, -0.1) is 0 Å². The Balaban J connectivity index is 1.75. The number of amides is 1. The zero-order valence-corrected chi connectivity index (χ0v) is 12.4. The summed E-state index contributed by atoms with van der Waals surface area (Å²) in [5.74, 6) is 0.811. The molecule has 20 heavy (non-hydrogen) atoms. The lowest BCUT2D eigenvalue weighted by Gasteiger charge is -2.13. The molecular formula is C14H19N3O2S. The van der Waals surface area contributed by atoms with Gasteiger partial charge in [-0.25, -0.2) is 4.98 Å². The van der Waals surface area contributed by atoms with Crippen LogP contribution in [0.25, 0.3) is 0 Å². The van der Waals surface area contributed by atoms with Crippen LogP contribution in [0.3, 0.4) is 0 Å². The molecule has 1 N–H and O–H groups in total. The van der Waals surface area contributed by atoms with Crippen molar-refractivity contribution in [2.24, 2.45) is 0 Å². The second-order valence-electron chi connectivity index (χ2n) is 5.50. The van der Waals surface area contributed by atoms with E-state index in [1.165, 1.54) is 0 Å². The number of rotatable bonds is 5. The molecule has 0 radical (unpaired) electrons. The van der Waals surface area contributed by atoms with Crippen LogP contribution < -0.4 is 10.9 Å². The van der Waals surface area contributed by atoms with E-state index < -0.39 is 0 Å². The van der Waals surface area contributed by atoms with E-state index >= 15 is 0 Å². The van der Waals surface area contributed by atoms with Crippen molar-refractivity contribution in [2.75, 3.05) is 5.75 Å². The Hall–Kier alpha value is -1.30. The Morgan fingerprint density at radius 1 is 1.55 bits per heavy atom. The zero-order chi connectivity index (χ0) is 14.1. The highest BCUT2D eigenvalue weighted by atomic mass is 32.2. The van der Waals surface area contributed by atoms with Crippen LogP contribution in [0.4, 0.5) is 0 Å². The molecule has 1 amide bonds. The quantitative estimate of drug-likeness (QED) is 0.836. The number of nitrogens with zero attached hydrogens (tertiary/aromatic N) is 2. The number of fused-ring (bicyclic) bond motifs is 1. The number of carbonyl (C=O) groups excluding carboxylic acids is 1. The number of aryl methyl sites for hydroxylation is 1. The minimum absolute atomic E-state index is 0.0207. The lowest BCUT2D eigenvalue weighted by Crippen LogP contribution is -2.31. The number of hydrogen-bond donors (Lipinski definition) is 1. The minimum Gasteiger partial charge on any atom is -0.353 e. The first-order valence-corrected chi connectivity index (χ1v) is 8.20. The molecule has 1 aliphatic carbocycles. The Morgan fingerprint density at radius 2 is 2.35 bits per heavy atom. The van der Waals surface area contributed by atoms with Crippen molar-refractivity contribution in [3.8, 4) is 0 Å². The maximum Gasteiger partial charge on any atom is 0.254 e. The molecule has 1 unspecified atom stereocenters. The summed E-state index contributed by atoms with van der Waals surface area (Å²) < 4.78 is 1.69. The zero-order valence-electron chi connectivity index (χ0n) is 11.6. The first-order chi connectivity index (χ1) is 9.67. The second kappa shape index (κ2) is 5.60. The van der Waals surface area contributed by atoms with Crippen molar-refractivity contribution in [2.45, 2.75) is 56.3 Å². The second-order valence-corrected chi connectivity index (χ2v) is 6.49. The minimum atomic E-state index is -0.0515. The lowest BCUT2D eigenvalue weighted by molar-refractivity contribution is -0.121. The van der Waals surface area contributed by atoms with Gasteiger partial charge in [0.1, 0.15) is 0 Å². The number of carbonyl (C=O) groups is 1. The van der Waals surface area contributed by atoms with Crippen molar-refractivity contribution in [3.05, 3.63) is 22.1 Å². The molecule has 1 aromatic rings. The van der Waals surface area contributed by atoms with Gasteiger partial charge in [0.15, 0.2) is 5.16 Å². The molecule has 2 heterocycles. The molecule has 3 rings (SSSR count). The van der Waals surface area contributed by atoms with Gasteiger partial charge in [-0.2, -0.15) is 0 Å². The third kappa shape index (κ3) is 2.90. The van der Waals surface area contributed by atoms with Gasteiger partial charge in [0.05, 0.1) is 6.04 Å². The first-order valence-electron chi connectivity index (χ1n) is 7.22. The summed E-state index contributed by atoms with van der Waals surface area (Å²) in [7, 11) is 0. The molecular weight excluding hydrogens is 274 g/mol. The van der Waals surface area contributed by atoms with E-state index in [0.717, 1.165) is 42.3 Å². The average Bonchev–Trinajstić information content (AvgIpc) is 3.10. The van der Waals surface area contributed by atoms with Crippen LogP contribution in [0.5, 0.6) is 0 Å². The van der Waals surface area contributed by atoms with E-state index in [-0.39, 0.29) is 17.5 Å². The van der Waals surface area contributed by atoms with Crippen LogP contribution in [0, 0.1) is 0 Å². The van der Waals surface area contributed by atoms with Crippen LogP contribution in [-0.4, -0.2) is 27.3 Å². The first kappa shape index (κ1) is 13.7. The highest BCUT2D eigenvalue weighted by Gasteiger charge is 2.29. The summed E-state index contributed by atoms with van der Waals surface area (Å²) in [5.41, 5.74) is 0.840. The third-order valence-electron chi connectivity index (χ3n) is 3.61. The molecule has 0 bridgehead atoms. The van der Waals surface area contributed by atoms with Crippen molar-refractivity contribution < 1.29 is 4.79 Å². The van der Waals surface area contributed by atoms with Crippen LogP contribution in [0.2, 0.25) is 0 Å². The maximum atomic E-state index is 12.2. The Labute approximate surface area is 122 Å². The van der Waals surface area contributed by atoms with Gasteiger partial charge >= 0.3 is 0 Å². The van der Waals surface area contributed by atoms with Crippen LogP contribution in [0.1, 0.15) is 44.3 Å². The highest BCUT2D eigenvalue weighted by Crippen LogP contribution is 2.32. The predicted octanol–water partition coefficient (Wildman–Crippen LogP) is 1.51. The van der Waals surface area contributed by atoms with Crippen molar-refractivity contribution in [1.29, 1.82) is 0 Å². The van der Waals surface area contributed by atoms with Gasteiger partial charge in [-0.1, -0.05) is 25.1 Å². The van der Waals surface area contributed by atoms with Crippen molar-refractivity contribution in [1.82, 2.24) is 14.9 Å². The smallest absolute Gasteiger partial charge is 0.254 e. The number of hydrogen-bond acceptors (Lipinski definition) is 4. The van der Waals surface area contributed by atoms with Gasteiger partial charge in [0.25, 0.3) is 5.56 Å². The summed E-state index contributed by atoms with van der Waals surface area (Å²) in [6.45, 7) is 2.07. The molecule has 1 aliphatic heterocycles. The van der Waals surface area contributed by atoms with E-state index in [9.17, 15) is 9.59 Å². The number of thioether (sulfide) groups is 1. The largest absolute Gasteiger partial charge is 0.353 e. The molecule has 1 saturated carbocycles. The van der Waals surface area contributed by atoms with E-state index in [1.807, 2.05) is 0 Å². The van der Waals surface area contributed by atoms with E-state index in [2.05, 4.69) is 17.2 Å². The third-order valence-corrected chi connectivity index (χ3v) is 4.71. The summed E-state index contributed by atoms with van der Waals surface area (Å²) in [5, 5.41) is 3.75. The molecule has 6 heteroatoms. The van der Waals surface area contributed by atoms with Crippen molar-refractivity contribution >= 4 is 17.7 Å². The Bertz CT molecular complexity index is 580. The fraction of sp³-hybridized carbons (Fsp3) is 0.643. The Kier molecular flexibility index (Phi) is 3.83. The van der Waals surface area contributed by atoms with Gasteiger partial charge in [-0.05, 0) is 19.3 Å². The molecule has 1 aromatic heterocycles. The summed E-state index contributed by atoms with van der Waals surface area (Å²) >= 11 is 1.58. The van der Waals surface area contributed by atoms with E-state index in [4.69, 9.17) is 0 Å². The topological polar surface area (TPSA) is 64.0 Å². The van der Waals surface area contributed by atoms with Crippen LogP contribution in [-0.2, 0) is 11.2 Å². The molecule has 0 saturated heterocycles. The van der Waals surface area contributed by atoms with E-state index in [0.29, 0.717) is 12.5 Å². The maximum absolute atomic E-state index is 12.2. The summed E-state index contributed by atoms with van der Waals surface area (Å²) in [6, 6.07) is 1.94. The molecule has 5 nitrogen and oxygen atoms in total. The lowest BCUT2D eigenvalue weighted by atomic mass is 10.2. The number of nitrogens with one attached hydrogen (secondary N) is 1. The van der Waals surface area contributed by atoms with Crippen molar-refractivity contribution in [3.63, 3.8) is 0 Å². The molecule has 1 atom stereocenters. The van der Waals surface area contributed by atoms with Gasteiger partial charge in [-0.3, -0.25) is 14.2 Å². The fourth-order valence-corrected chi connectivity index (χ4v) is 3.63.